The van der Waals surface area contributed by atoms with Crippen LogP contribution in [0, 0.1) is 12.3 Å². The van der Waals surface area contributed by atoms with Crippen molar-refractivity contribution in [3.8, 4) is 12.3 Å². The van der Waals surface area contributed by atoms with Gasteiger partial charge in [-0.25, -0.2) is 4.79 Å². The van der Waals surface area contributed by atoms with E-state index in [4.69, 9.17) is 6.42 Å². The first kappa shape index (κ1) is 14.1. The van der Waals surface area contributed by atoms with Gasteiger partial charge in [0.1, 0.15) is 0 Å². The van der Waals surface area contributed by atoms with Crippen LogP contribution in [-0.2, 0) is 4.74 Å². The lowest BCUT2D eigenvalue weighted by molar-refractivity contribution is 0.111. The number of benzene rings is 1. The third kappa shape index (κ3) is 4.11. The normalized spacial score (nSPS) is 13.2. The van der Waals surface area contributed by atoms with Gasteiger partial charge in [-0.2, -0.15) is 0 Å². The van der Waals surface area contributed by atoms with Crippen LogP contribution in [-0.4, -0.2) is 24.4 Å². The van der Waals surface area contributed by atoms with E-state index in [2.05, 4.69) is 16.0 Å². The molecule has 2 N–H and O–H groups in total. The number of terminal acetylenes is 1. The van der Waals surface area contributed by atoms with Gasteiger partial charge in [0, 0.05) is 6.42 Å². The summed E-state index contributed by atoms with van der Waals surface area (Å²) in [6.07, 6.45) is 4.78. The number of methoxy groups -OCH3 is 1. The summed E-state index contributed by atoms with van der Waals surface area (Å²) >= 11 is 0. The lowest BCUT2D eigenvalue weighted by Gasteiger charge is -2.23. The number of alkyl carbamates (subject to hydrolysis) is 1. The molecule has 0 aliphatic carbocycles. The van der Waals surface area contributed by atoms with Crippen molar-refractivity contribution in [3.05, 3.63) is 35.9 Å². The number of amides is 1. The number of hydrogen-bond acceptors (Lipinski definition) is 3. The predicted molar refractivity (Wildman–Crippen MR) is 68.8 cm³/mol. The highest BCUT2D eigenvalue weighted by Crippen LogP contribution is 2.19. The highest BCUT2D eigenvalue weighted by Gasteiger charge is 2.22. The lowest BCUT2D eigenvalue weighted by atomic mass is 9.99. The van der Waals surface area contributed by atoms with Crippen LogP contribution in [0.25, 0.3) is 0 Å². The molecule has 4 heteroatoms. The molecule has 4 nitrogen and oxygen atoms in total. The zero-order chi connectivity index (χ0) is 13.4. The average Bonchev–Trinajstić information content (AvgIpc) is 2.43. The standard InChI is InChI=1S/C14H17NO3/c1-3-4-10-12(15-14(17)18-2)13(16)11-8-6-5-7-9-11/h1,5-9,12-13,16H,4,10H2,2H3,(H,15,17)/t12-,13-/m0/s1. The Labute approximate surface area is 107 Å². The van der Waals surface area contributed by atoms with Crippen molar-refractivity contribution in [1.29, 1.82) is 0 Å². The van der Waals surface area contributed by atoms with Crippen LogP contribution in [0.15, 0.2) is 30.3 Å². The number of carbonyl (C=O) groups excluding carboxylic acids is 1. The number of carbonyl (C=O) groups is 1. The fourth-order valence-corrected chi connectivity index (χ4v) is 1.64. The first-order valence-corrected chi connectivity index (χ1v) is 5.70. The first-order valence-electron chi connectivity index (χ1n) is 5.70. The summed E-state index contributed by atoms with van der Waals surface area (Å²) in [6, 6.07) is 8.65. The van der Waals surface area contributed by atoms with Gasteiger partial charge in [-0.1, -0.05) is 30.3 Å². The Hall–Kier alpha value is -1.99. The van der Waals surface area contributed by atoms with E-state index in [-0.39, 0.29) is 0 Å². The van der Waals surface area contributed by atoms with Crippen LogP contribution >= 0.6 is 0 Å². The molecule has 0 bridgehead atoms. The van der Waals surface area contributed by atoms with Crippen molar-refractivity contribution in [2.24, 2.45) is 0 Å². The SMILES string of the molecule is C#CCC[C@H](NC(=O)OC)[C@@H](O)c1ccccc1. The summed E-state index contributed by atoms with van der Waals surface area (Å²) in [7, 11) is 1.28. The Morgan fingerprint density at radius 1 is 1.50 bits per heavy atom. The quantitative estimate of drug-likeness (QED) is 0.781. The van der Waals surface area contributed by atoms with E-state index in [1.54, 1.807) is 12.1 Å². The molecule has 0 heterocycles. The second kappa shape index (κ2) is 7.36. The Bertz CT molecular complexity index is 411. The van der Waals surface area contributed by atoms with Crippen LogP contribution in [0.3, 0.4) is 0 Å². The van der Waals surface area contributed by atoms with E-state index in [1.807, 2.05) is 18.2 Å². The van der Waals surface area contributed by atoms with E-state index in [0.717, 1.165) is 5.56 Å². The number of ether oxygens (including phenoxy) is 1. The molecule has 0 aliphatic rings. The summed E-state index contributed by atoms with van der Waals surface area (Å²) in [5.41, 5.74) is 0.732. The topological polar surface area (TPSA) is 58.6 Å². The molecule has 96 valence electrons. The molecule has 0 spiro atoms. The van der Waals surface area contributed by atoms with E-state index >= 15 is 0 Å². The first-order chi connectivity index (χ1) is 8.69. The molecule has 0 fully saturated rings. The van der Waals surface area contributed by atoms with Crippen LogP contribution in [0.4, 0.5) is 4.79 Å². The minimum absolute atomic E-state index is 0.462. The second-order valence-corrected chi connectivity index (χ2v) is 3.84. The third-order valence-corrected chi connectivity index (χ3v) is 2.61. The molecule has 0 unspecified atom stereocenters. The Balaban J connectivity index is 2.75. The predicted octanol–water partition coefficient (Wildman–Crippen LogP) is 1.86. The Morgan fingerprint density at radius 2 is 2.17 bits per heavy atom. The number of aliphatic hydroxyl groups is 1. The van der Waals surface area contributed by atoms with Gasteiger partial charge >= 0.3 is 6.09 Å². The summed E-state index contributed by atoms with van der Waals surface area (Å²) in [5.74, 6) is 2.49. The minimum atomic E-state index is -0.807. The van der Waals surface area contributed by atoms with Gasteiger partial charge in [-0.3, -0.25) is 0 Å². The molecule has 0 aromatic heterocycles. The fourth-order valence-electron chi connectivity index (χ4n) is 1.64. The average molecular weight is 247 g/mol. The summed E-state index contributed by atoms with van der Waals surface area (Å²) < 4.78 is 4.53. The van der Waals surface area contributed by atoms with Crippen LogP contribution < -0.4 is 5.32 Å². The summed E-state index contributed by atoms with van der Waals surface area (Å²) in [5, 5.41) is 12.8. The molecular formula is C14H17NO3. The van der Waals surface area contributed by atoms with Crippen molar-refractivity contribution in [1.82, 2.24) is 5.32 Å². The smallest absolute Gasteiger partial charge is 0.407 e. The Morgan fingerprint density at radius 3 is 2.72 bits per heavy atom. The molecule has 1 amide bonds. The van der Waals surface area contributed by atoms with Crippen molar-refractivity contribution in [2.75, 3.05) is 7.11 Å². The molecule has 1 rings (SSSR count). The van der Waals surface area contributed by atoms with Gasteiger partial charge in [-0.15, -0.1) is 12.3 Å². The van der Waals surface area contributed by atoms with E-state index in [9.17, 15) is 9.90 Å². The van der Waals surface area contributed by atoms with Gasteiger partial charge in [0.15, 0.2) is 0 Å². The summed E-state index contributed by atoms with van der Waals surface area (Å²) in [6.45, 7) is 0. The minimum Gasteiger partial charge on any atom is -0.453 e. The highest BCUT2D eigenvalue weighted by atomic mass is 16.5. The van der Waals surface area contributed by atoms with Crippen LogP contribution in [0.1, 0.15) is 24.5 Å². The Kier molecular flexibility index (Phi) is 5.75. The van der Waals surface area contributed by atoms with Gasteiger partial charge in [-0.05, 0) is 12.0 Å². The van der Waals surface area contributed by atoms with Crippen LogP contribution in [0.5, 0.6) is 0 Å². The number of rotatable bonds is 5. The maximum Gasteiger partial charge on any atom is 0.407 e. The summed E-state index contributed by atoms with van der Waals surface area (Å²) in [4.78, 5) is 11.2. The maximum absolute atomic E-state index is 11.2. The second-order valence-electron chi connectivity index (χ2n) is 3.84. The highest BCUT2D eigenvalue weighted by molar-refractivity contribution is 5.67. The molecule has 0 saturated heterocycles. The largest absolute Gasteiger partial charge is 0.453 e. The molecule has 18 heavy (non-hydrogen) atoms. The van der Waals surface area contributed by atoms with Crippen molar-refractivity contribution in [3.63, 3.8) is 0 Å². The molecule has 0 radical (unpaired) electrons. The molecule has 0 aliphatic heterocycles. The maximum atomic E-state index is 11.2. The molecule has 1 aromatic rings. The van der Waals surface area contributed by atoms with Gasteiger partial charge < -0.3 is 15.2 Å². The number of nitrogens with one attached hydrogen (secondary N) is 1. The molecule has 1 aromatic carbocycles. The van der Waals surface area contributed by atoms with Crippen molar-refractivity contribution < 1.29 is 14.6 Å². The van der Waals surface area contributed by atoms with E-state index in [1.165, 1.54) is 7.11 Å². The molecular weight excluding hydrogens is 230 g/mol. The fraction of sp³-hybridized carbons (Fsp3) is 0.357. The zero-order valence-corrected chi connectivity index (χ0v) is 10.3. The lowest BCUT2D eigenvalue weighted by Crippen LogP contribution is -2.39. The van der Waals surface area contributed by atoms with E-state index in [0.29, 0.717) is 12.8 Å². The van der Waals surface area contributed by atoms with Crippen molar-refractivity contribution in [2.45, 2.75) is 25.0 Å². The van der Waals surface area contributed by atoms with Gasteiger partial charge in [0.05, 0.1) is 19.3 Å². The van der Waals surface area contributed by atoms with Crippen LogP contribution in [0.2, 0.25) is 0 Å². The molecule has 2 atom stereocenters. The number of aliphatic hydroxyl groups excluding tert-OH is 1. The van der Waals surface area contributed by atoms with E-state index < -0.39 is 18.2 Å². The molecule has 0 saturated carbocycles. The third-order valence-electron chi connectivity index (χ3n) is 2.61. The van der Waals surface area contributed by atoms with Gasteiger partial charge in [0.2, 0.25) is 0 Å². The monoisotopic (exact) mass is 247 g/mol. The van der Waals surface area contributed by atoms with Crippen molar-refractivity contribution >= 4 is 6.09 Å². The number of hydrogen-bond donors (Lipinski definition) is 2. The van der Waals surface area contributed by atoms with Gasteiger partial charge in [0.25, 0.3) is 0 Å². The zero-order valence-electron chi connectivity index (χ0n) is 10.3.